The maximum Gasteiger partial charge on any atom is 0.146 e. The van der Waals surface area contributed by atoms with Crippen molar-refractivity contribution in [3.8, 4) is 0 Å². The average molecular weight is 330 g/mol. The average Bonchev–Trinajstić information content (AvgIpc) is 2.19. The van der Waals surface area contributed by atoms with E-state index in [9.17, 15) is 8.78 Å². The highest BCUT2D eigenvalue weighted by Crippen LogP contribution is 2.33. The second-order valence-electron chi connectivity index (χ2n) is 2.79. The normalized spacial score (nSPS) is 10.7. The summed E-state index contributed by atoms with van der Waals surface area (Å²) in [5, 5.41) is 0. The smallest absolute Gasteiger partial charge is 0.146 e. The lowest BCUT2D eigenvalue weighted by molar-refractivity contribution is 0.177. The Labute approximate surface area is 97.7 Å². The van der Waals surface area contributed by atoms with Crippen LogP contribution in [0.25, 0.3) is 0 Å². The van der Waals surface area contributed by atoms with Crippen molar-refractivity contribution < 1.29 is 13.5 Å². The minimum atomic E-state index is -0.606. The first-order valence-corrected chi connectivity index (χ1v) is 5.39. The maximum absolute atomic E-state index is 13.5. The van der Waals surface area contributed by atoms with E-state index in [0.29, 0.717) is 5.56 Å². The monoisotopic (exact) mass is 328 g/mol. The third kappa shape index (κ3) is 1.99. The molecule has 0 saturated carbocycles. The molecule has 78 valence electrons. The first-order valence-electron chi connectivity index (χ1n) is 3.81. The molecule has 0 radical (unpaired) electrons. The molecule has 0 aromatic heterocycles. The number of ether oxygens (including phenoxy) is 1. The molecule has 0 unspecified atom stereocenters. The Balaban J connectivity index is 3.43. The third-order valence-corrected chi connectivity index (χ3v) is 3.75. The van der Waals surface area contributed by atoms with Gasteiger partial charge in [-0.3, -0.25) is 0 Å². The summed E-state index contributed by atoms with van der Waals surface area (Å²) in [6.45, 7) is 1.53. The van der Waals surface area contributed by atoms with E-state index in [-0.39, 0.29) is 21.1 Å². The molecule has 0 bridgehead atoms. The molecule has 0 heterocycles. The zero-order valence-electron chi connectivity index (χ0n) is 7.63. The Bertz CT molecular complexity index is 337. The van der Waals surface area contributed by atoms with Crippen LogP contribution in [-0.4, -0.2) is 7.11 Å². The molecule has 1 aromatic rings. The molecule has 5 heteroatoms. The Morgan fingerprint density at radius 3 is 1.93 bits per heavy atom. The van der Waals surface area contributed by atoms with Crippen LogP contribution in [0.5, 0.6) is 0 Å². The third-order valence-electron chi connectivity index (χ3n) is 1.86. The number of hydrogen-bond acceptors (Lipinski definition) is 1. The molecule has 0 spiro atoms. The molecule has 14 heavy (non-hydrogen) atoms. The highest BCUT2D eigenvalue weighted by molar-refractivity contribution is 9.11. The quantitative estimate of drug-likeness (QED) is 0.747. The van der Waals surface area contributed by atoms with Crippen LogP contribution in [0, 0.1) is 18.6 Å². The highest BCUT2D eigenvalue weighted by atomic mass is 79.9. The lowest BCUT2D eigenvalue weighted by Gasteiger charge is -2.10. The molecular weight excluding hydrogens is 322 g/mol. The molecule has 0 amide bonds. The molecule has 0 atom stereocenters. The van der Waals surface area contributed by atoms with Crippen LogP contribution in [0.3, 0.4) is 0 Å². The standard InChI is InChI=1S/C9H8Br2F2O/c1-4-6(10)8(12)5(3-14-2)9(13)7(4)11/h3H2,1-2H3. The van der Waals surface area contributed by atoms with Crippen LogP contribution >= 0.6 is 31.9 Å². The summed E-state index contributed by atoms with van der Waals surface area (Å²) in [5.41, 5.74) is 0.428. The Morgan fingerprint density at radius 2 is 1.57 bits per heavy atom. The van der Waals surface area contributed by atoms with Gasteiger partial charge in [0.2, 0.25) is 0 Å². The molecule has 0 aliphatic rings. The van der Waals surface area contributed by atoms with Gasteiger partial charge >= 0.3 is 0 Å². The van der Waals surface area contributed by atoms with Gasteiger partial charge in [-0.05, 0) is 44.3 Å². The predicted octanol–water partition coefficient (Wildman–Crippen LogP) is 3.94. The van der Waals surface area contributed by atoms with E-state index in [1.807, 2.05) is 0 Å². The summed E-state index contributed by atoms with van der Waals surface area (Å²) in [6.07, 6.45) is 0. The lowest BCUT2D eigenvalue weighted by atomic mass is 10.1. The van der Waals surface area contributed by atoms with Gasteiger partial charge in [-0.2, -0.15) is 0 Å². The van der Waals surface area contributed by atoms with Crippen molar-refractivity contribution in [2.75, 3.05) is 7.11 Å². The van der Waals surface area contributed by atoms with Crippen LogP contribution in [0.4, 0.5) is 8.78 Å². The van der Waals surface area contributed by atoms with Crippen molar-refractivity contribution in [1.29, 1.82) is 0 Å². The Morgan fingerprint density at radius 1 is 1.14 bits per heavy atom. The lowest BCUT2D eigenvalue weighted by Crippen LogP contribution is -2.02. The summed E-state index contributed by atoms with van der Waals surface area (Å²) in [5.74, 6) is -1.21. The Hall–Kier alpha value is -0.0000000000000000555. The molecule has 0 aliphatic carbocycles. The first kappa shape index (κ1) is 12.1. The molecule has 0 fully saturated rings. The number of benzene rings is 1. The van der Waals surface area contributed by atoms with E-state index in [1.54, 1.807) is 6.92 Å². The summed E-state index contributed by atoms with van der Waals surface area (Å²) >= 11 is 6.12. The van der Waals surface area contributed by atoms with Gasteiger partial charge in [-0.1, -0.05) is 0 Å². The van der Waals surface area contributed by atoms with Crippen LogP contribution in [0.15, 0.2) is 8.95 Å². The first-order chi connectivity index (χ1) is 6.50. The van der Waals surface area contributed by atoms with Crippen LogP contribution in [0.2, 0.25) is 0 Å². The van der Waals surface area contributed by atoms with Gasteiger partial charge in [-0.15, -0.1) is 0 Å². The van der Waals surface area contributed by atoms with Crippen molar-refractivity contribution >= 4 is 31.9 Å². The minimum absolute atomic E-state index is 0.0724. The maximum atomic E-state index is 13.5. The van der Waals surface area contributed by atoms with Gasteiger partial charge in [0.05, 0.1) is 21.1 Å². The van der Waals surface area contributed by atoms with E-state index < -0.39 is 11.6 Å². The number of rotatable bonds is 2. The molecular formula is C9H8Br2F2O. The summed E-state index contributed by atoms with van der Waals surface area (Å²) in [4.78, 5) is 0. The largest absolute Gasteiger partial charge is 0.380 e. The topological polar surface area (TPSA) is 9.23 Å². The second-order valence-corrected chi connectivity index (χ2v) is 4.38. The van der Waals surface area contributed by atoms with Crippen molar-refractivity contribution in [3.63, 3.8) is 0 Å². The Kier molecular flexibility index (Phi) is 4.04. The summed E-state index contributed by atoms with van der Waals surface area (Å²) < 4.78 is 32.2. The zero-order chi connectivity index (χ0) is 10.9. The molecule has 0 N–H and O–H groups in total. The van der Waals surface area contributed by atoms with Crippen molar-refractivity contribution in [2.24, 2.45) is 0 Å². The fourth-order valence-corrected chi connectivity index (χ4v) is 2.20. The van der Waals surface area contributed by atoms with Gasteiger partial charge in [0.1, 0.15) is 11.6 Å². The zero-order valence-corrected chi connectivity index (χ0v) is 10.8. The molecule has 1 aromatic carbocycles. The van der Waals surface area contributed by atoms with Crippen LogP contribution < -0.4 is 0 Å². The molecule has 1 rings (SSSR count). The van der Waals surface area contributed by atoms with Crippen LogP contribution in [0.1, 0.15) is 11.1 Å². The van der Waals surface area contributed by atoms with Gasteiger partial charge in [0.25, 0.3) is 0 Å². The predicted molar refractivity (Wildman–Crippen MR) is 57.2 cm³/mol. The van der Waals surface area contributed by atoms with Gasteiger partial charge < -0.3 is 4.74 Å². The molecule has 0 aliphatic heterocycles. The van der Waals surface area contributed by atoms with E-state index in [0.717, 1.165) is 0 Å². The second kappa shape index (κ2) is 4.68. The fraction of sp³-hybridized carbons (Fsp3) is 0.333. The molecule has 1 nitrogen and oxygen atoms in total. The fourth-order valence-electron chi connectivity index (χ4n) is 1.06. The van der Waals surface area contributed by atoms with Crippen molar-refractivity contribution in [2.45, 2.75) is 13.5 Å². The van der Waals surface area contributed by atoms with Crippen molar-refractivity contribution in [1.82, 2.24) is 0 Å². The van der Waals surface area contributed by atoms with Crippen molar-refractivity contribution in [3.05, 3.63) is 31.7 Å². The van der Waals surface area contributed by atoms with Gasteiger partial charge in [0.15, 0.2) is 0 Å². The number of hydrogen-bond donors (Lipinski definition) is 0. The van der Waals surface area contributed by atoms with Crippen LogP contribution in [-0.2, 0) is 11.3 Å². The number of halogens is 4. The SMILES string of the molecule is COCc1c(F)c(Br)c(C)c(Br)c1F. The summed E-state index contributed by atoms with van der Waals surface area (Å²) in [7, 11) is 1.39. The van der Waals surface area contributed by atoms with E-state index in [4.69, 9.17) is 4.74 Å². The van der Waals surface area contributed by atoms with Gasteiger partial charge in [0, 0.05) is 7.11 Å². The van der Waals surface area contributed by atoms with E-state index in [2.05, 4.69) is 31.9 Å². The van der Waals surface area contributed by atoms with E-state index in [1.165, 1.54) is 7.11 Å². The number of methoxy groups -OCH3 is 1. The minimum Gasteiger partial charge on any atom is -0.380 e. The highest BCUT2D eigenvalue weighted by Gasteiger charge is 2.19. The molecule has 0 saturated heterocycles. The summed E-state index contributed by atoms with van der Waals surface area (Å²) in [6, 6.07) is 0. The van der Waals surface area contributed by atoms with Gasteiger partial charge in [-0.25, -0.2) is 8.78 Å². The van der Waals surface area contributed by atoms with E-state index >= 15 is 0 Å².